The van der Waals surface area contributed by atoms with Crippen LogP contribution in [0.25, 0.3) is 11.5 Å². The summed E-state index contributed by atoms with van der Waals surface area (Å²) in [6.45, 7) is 11.0. The van der Waals surface area contributed by atoms with Crippen LogP contribution < -0.4 is 4.90 Å². The SMILES string of the molecule is Cc1nc(-c2ccccn2)nc(N2CCN(CC(C)C)C(=O)C2)c1C. The van der Waals surface area contributed by atoms with Gasteiger partial charge in [-0.25, -0.2) is 9.97 Å². The van der Waals surface area contributed by atoms with Crippen molar-refractivity contribution in [1.82, 2.24) is 19.9 Å². The smallest absolute Gasteiger partial charge is 0.242 e. The molecule has 1 fully saturated rings. The summed E-state index contributed by atoms with van der Waals surface area (Å²) in [7, 11) is 0. The summed E-state index contributed by atoms with van der Waals surface area (Å²) in [5.74, 6) is 2.09. The lowest BCUT2D eigenvalue weighted by Crippen LogP contribution is -2.51. The summed E-state index contributed by atoms with van der Waals surface area (Å²) in [6, 6.07) is 5.70. The maximum Gasteiger partial charge on any atom is 0.242 e. The first-order valence-corrected chi connectivity index (χ1v) is 8.75. The highest BCUT2D eigenvalue weighted by molar-refractivity contribution is 5.83. The van der Waals surface area contributed by atoms with Gasteiger partial charge in [-0.05, 0) is 31.9 Å². The normalized spacial score (nSPS) is 15.2. The van der Waals surface area contributed by atoms with Crippen LogP contribution in [-0.2, 0) is 4.79 Å². The van der Waals surface area contributed by atoms with Crippen molar-refractivity contribution in [1.29, 1.82) is 0 Å². The molecule has 6 heteroatoms. The molecule has 0 radical (unpaired) electrons. The molecular formula is C19H25N5O. The van der Waals surface area contributed by atoms with Gasteiger partial charge in [-0.15, -0.1) is 0 Å². The van der Waals surface area contributed by atoms with Gasteiger partial charge in [0.15, 0.2) is 5.82 Å². The molecule has 1 aliphatic heterocycles. The van der Waals surface area contributed by atoms with Crippen molar-refractivity contribution in [2.75, 3.05) is 31.1 Å². The van der Waals surface area contributed by atoms with E-state index in [0.29, 0.717) is 18.3 Å². The van der Waals surface area contributed by atoms with E-state index in [1.54, 1.807) is 6.20 Å². The zero-order valence-corrected chi connectivity index (χ0v) is 15.4. The standard InChI is InChI=1S/C19H25N5O/c1-13(2)11-23-9-10-24(12-17(23)25)19-14(3)15(4)21-18(22-19)16-7-5-6-8-20-16/h5-8,13H,9-12H2,1-4H3. The Bertz CT molecular complexity index is 760. The number of rotatable bonds is 4. The molecule has 0 unspecified atom stereocenters. The Morgan fingerprint density at radius 2 is 1.96 bits per heavy atom. The molecule has 0 aromatic carbocycles. The maximum absolute atomic E-state index is 12.5. The third-order valence-electron chi connectivity index (χ3n) is 4.46. The molecule has 6 nitrogen and oxygen atoms in total. The summed E-state index contributed by atoms with van der Waals surface area (Å²) in [5, 5.41) is 0. The number of aromatic nitrogens is 3. The lowest BCUT2D eigenvalue weighted by molar-refractivity contribution is -0.131. The van der Waals surface area contributed by atoms with Gasteiger partial charge in [-0.2, -0.15) is 0 Å². The van der Waals surface area contributed by atoms with Gasteiger partial charge < -0.3 is 9.80 Å². The Balaban J connectivity index is 1.88. The Morgan fingerprint density at radius 1 is 1.16 bits per heavy atom. The summed E-state index contributed by atoms with van der Waals surface area (Å²) < 4.78 is 0. The number of carbonyl (C=O) groups excluding carboxylic acids is 1. The fourth-order valence-corrected chi connectivity index (χ4v) is 3.05. The number of piperazine rings is 1. The van der Waals surface area contributed by atoms with Gasteiger partial charge in [0.25, 0.3) is 0 Å². The molecule has 0 atom stereocenters. The molecule has 2 aromatic rings. The first-order valence-electron chi connectivity index (χ1n) is 8.75. The molecule has 0 bridgehead atoms. The molecule has 0 N–H and O–H groups in total. The zero-order chi connectivity index (χ0) is 18.0. The number of anilines is 1. The van der Waals surface area contributed by atoms with E-state index in [4.69, 9.17) is 4.98 Å². The second-order valence-electron chi connectivity index (χ2n) is 6.95. The van der Waals surface area contributed by atoms with E-state index < -0.39 is 0 Å². The van der Waals surface area contributed by atoms with Crippen LogP contribution in [0, 0.1) is 19.8 Å². The Kier molecular flexibility index (Phi) is 4.97. The van der Waals surface area contributed by atoms with Crippen molar-refractivity contribution in [3.05, 3.63) is 35.7 Å². The largest absolute Gasteiger partial charge is 0.345 e. The van der Waals surface area contributed by atoms with Crippen LogP contribution in [0.4, 0.5) is 5.82 Å². The number of carbonyl (C=O) groups is 1. The van der Waals surface area contributed by atoms with Crippen LogP contribution in [0.2, 0.25) is 0 Å². The number of pyridine rings is 1. The average molecular weight is 339 g/mol. The molecule has 132 valence electrons. The van der Waals surface area contributed by atoms with E-state index in [2.05, 4.69) is 28.7 Å². The van der Waals surface area contributed by atoms with Crippen LogP contribution in [-0.4, -0.2) is 51.9 Å². The molecule has 0 aliphatic carbocycles. The Hall–Kier alpha value is -2.50. The quantitative estimate of drug-likeness (QED) is 0.856. The molecule has 1 saturated heterocycles. The van der Waals surface area contributed by atoms with Gasteiger partial charge in [0, 0.05) is 37.1 Å². The Labute approximate surface area is 148 Å². The topological polar surface area (TPSA) is 62.2 Å². The molecule has 25 heavy (non-hydrogen) atoms. The highest BCUT2D eigenvalue weighted by atomic mass is 16.2. The fourth-order valence-electron chi connectivity index (χ4n) is 3.05. The van der Waals surface area contributed by atoms with E-state index in [1.807, 2.05) is 36.9 Å². The molecule has 3 heterocycles. The minimum atomic E-state index is 0.162. The van der Waals surface area contributed by atoms with Crippen molar-refractivity contribution in [2.24, 2.45) is 5.92 Å². The first-order chi connectivity index (χ1) is 12.0. The van der Waals surface area contributed by atoms with Crippen molar-refractivity contribution < 1.29 is 4.79 Å². The third-order valence-corrected chi connectivity index (χ3v) is 4.46. The molecule has 1 amide bonds. The van der Waals surface area contributed by atoms with E-state index in [-0.39, 0.29) is 5.91 Å². The van der Waals surface area contributed by atoms with E-state index >= 15 is 0 Å². The number of nitrogens with zero attached hydrogens (tertiary/aromatic N) is 5. The van der Waals surface area contributed by atoms with Crippen molar-refractivity contribution in [3.8, 4) is 11.5 Å². The van der Waals surface area contributed by atoms with Crippen LogP contribution in [0.1, 0.15) is 25.1 Å². The zero-order valence-electron chi connectivity index (χ0n) is 15.4. The van der Waals surface area contributed by atoms with Crippen molar-refractivity contribution in [3.63, 3.8) is 0 Å². The van der Waals surface area contributed by atoms with Gasteiger partial charge in [0.05, 0.1) is 6.54 Å². The van der Waals surface area contributed by atoms with E-state index in [0.717, 1.165) is 42.4 Å². The van der Waals surface area contributed by atoms with Crippen LogP contribution in [0.3, 0.4) is 0 Å². The van der Waals surface area contributed by atoms with Crippen LogP contribution >= 0.6 is 0 Å². The van der Waals surface area contributed by atoms with Crippen molar-refractivity contribution >= 4 is 11.7 Å². The summed E-state index contributed by atoms with van der Waals surface area (Å²) in [5.41, 5.74) is 2.68. The minimum Gasteiger partial charge on any atom is -0.345 e. The highest BCUT2D eigenvalue weighted by Crippen LogP contribution is 2.24. The monoisotopic (exact) mass is 339 g/mol. The highest BCUT2D eigenvalue weighted by Gasteiger charge is 2.27. The lowest BCUT2D eigenvalue weighted by Gasteiger charge is -2.36. The third kappa shape index (κ3) is 3.78. The predicted molar refractivity (Wildman–Crippen MR) is 98.4 cm³/mol. The summed E-state index contributed by atoms with van der Waals surface area (Å²) in [6.07, 6.45) is 1.74. The fraction of sp³-hybridized carbons (Fsp3) is 0.474. The van der Waals surface area contributed by atoms with Crippen LogP contribution in [0.5, 0.6) is 0 Å². The van der Waals surface area contributed by atoms with Gasteiger partial charge >= 0.3 is 0 Å². The van der Waals surface area contributed by atoms with Crippen LogP contribution in [0.15, 0.2) is 24.4 Å². The molecule has 3 rings (SSSR count). The molecule has 2 aromatic heterocycles. The number of aryl methyl sites for hydroxylation is 1. The Morgan fingerprint density at radius 3 is 2.60 bits per heavy atom. The van der Waals surface area contributed by atoms with E-state index in [9.17, 15) is 4.79 Å². The molecular weight excluding hydrogens is 314 g/mol. The summed E-state index contributed by atoms with van der Waals surface area (Å²) >= 11 is 0. The van der Waals surface area contributed by atoms with E-state index in [1.165, 1.54) is 0 Å². The molecule has 0 spiro atoms. The van der Waals surface area contributed by atoms with Gasteiger partial charge in [-0.1, -0.05) is 19.9 Å². The second kappa shape index (κ2) is 7.17. The maximum atomic E-state index is 12.5. The van der Waals surface area contributed by atoms with Gasteiger partial charge in [0.2, 0.25) is 5.91 Å². The number of hydrogen-bond acceptors (Lipinski definition) is 5. The average Bonchev–Trinajstić information content (AvgIpc) is 2.59. The number of amides is 1. The van der Waals surface area contributed by atoms with Gasteiger partial charge in [-0.3, -0.25) is 9.78 Å². The second-order valence-corrected chi connectivity index (χ2v) is 6.95. The molecule has 0 saturated carbocycles. The number of hydrogen-bond donors (Lipinski definition) is 0. The predicted octanol–water partition coefficient (Wildman–Crippen LogP) is 2.46. The first kappa shape index (κ1) is 17.3. The summed E-state index contributed by atoms with van der Waals surface area (Å²) in [4.78, 5) is 30.2. The minimum absolute atomic E-state index is 0.162. The van der Waals surface area contributed by atoms with Gasteiger partial charge in [0.1, 0.15) is 11.5 Å². The van der Waals surface area contributed by atoms with Crippen molar-refractivity contribution in [2.45, 2.75) is 27.7 Å². The molecule has 1 aliphatic rings. The lowest BCUT2D eigenvalue weighted by atomic mass is 10.1.